The number of nitrogens with zero attached hydrogens (tertiary/aromatic N) is 1. The first kappa shape index (κ1) is 14.0. The van der Waals surface area contributed by atoms with Crippen molar-refractivity contribution in [2.45, 2.75) is 39.2 Å². The van der Waals surface area contributed by atoms with Crippen LogP contribution in [0.1, 0.15) is 33.6 Å². The summed E-state index contributed by atoms with van der Waals surface area (Å²) < 4.78 is 5.27. The Morgan fingerprint density at radius 2 is 2.07 bits per heavy atom. The van der Waals surface area contributed by atoms with Crippen molar-refractivity contribution in [1.82, 2.24) is 4.90 Å². The van der Waals surface area contributed by atoms with E-state index in [0.717, 1.165) is 12.8 Å². The van der Waals surface area contributed by atoms with E-state index in [9.17, 15) is 4.79 Å². The van der Waals surface area contributed by atoms with E-state index in [1.165, 1.54) is 0 Å². The lowest BCUT2D eigenvalue weighted by atomic mass is 10.2. The molecular weight excluding hydrogens is 190 g/mol. The summed E-state index contributed by atoms with van der Waals surface area (Å²) in [6, 6.07) is 0. The second kappa shape index (κ2) is 6.49. The quantitative estimate of drug-likeness (QED) is 0.656. The molecule has 0 saturated carbocycles. The van der Waals surface area contributed by atoms with E-state index in [1.807, 2.05) is 20.8 Å². The molecule has 0 N–H and O–H groups in total. The van der Waals surface area contributed by atoms with Gasteiger partial charge in [-0.1, -0.05) is 19.4 Å². The summed E-state index contributed by atoms with van der Waals surface area (Å²) in [4.78, 5) is 13.3. The van der Waals surface area contributed by atoms with Gasteiger partial charge in [-0.15, -0.1) is 6.58 Å². The maximum Gasteiger partial charge on any atom is 0.410 e. The van der Waals surface area contributed by atoms with Crippen LogP contribution < -0.4 is 0 Å². The van der Waals surface area contributed by atoms with Crippen molar-refractivity contribution in [3.63, 3.8) is 0 Å². The monoisotopic (exact) mass is 212 g/mol. The molecule has 3 nitrogen and oxygen atoms in total. The summed E-state index contributed by atoms with van der Waals surface area (Å²) >= 11 is 0. The zero-order chi connectivity index (χ0) is 11.9. The van der Waals surface area contributed by atoms with E-state index in [4.69, 9.17) is 4.74 Å². The molecule has 0 fully saturated rings. The van der Waals surface area contributed by atoms with Crippen LogP contribution in [0.4, 0.5) is 4.79 Å². The fourth-order valence-corrected chi connectivity index (χ4v) is 1.04. The molecule has 0 rings (SSSR count). The number of carbonyl (C=O) groups excluding carboxylic acids is 1. The first-order valence-electron chi connectivity index (χ1n) is 5.28. The van der Waals surface area contributed by atoms with E-state index in [0.29, 0.717) is 13.1 Å². The fraction of sp³-hybridized carbons (Fsp3) is 0.667. The third kappa shape index (κ3) is 7.00. The van der Waals surface area contributed by atoms with E-state index in [2.05, 4.69) is 13.5 Å². The highest BCUT2D eigenvalue weighted by atomic mass is 16.6. The Hall–Kier alpha value is -0.990. The number of amides is 1. The highest BCUT2D eigenvalue weighted by molar-refractivity contribution is 5.68. The van der Waals surface area contributed by atoms with Crippen LogP contribution >= 0.6 is 0 Å². The molecule has 1 radical (unpaired) electrons. The van der Waals surface area contributed by atoms with E-state index in [1.54, 1.807) is 11.0 Å². The maximum absolute atomic E-state index is 11.7. The molecule has 0 aliphatic heterocycles. The molecule has 0 heterocycles. The number of unbranched alkanes of at least 4 members (excludes halogenated alkanes) is 1. The zero-order valence-electron chi connectivity index (χ0n) is 10.1. The largest absolute Gasteiger partial charge is 0.444 e. The first-order chi connectivity index (χ1) is 6.90. The third-order valence-electron chi connectivity index (χ3n) is 1.68. The van der Waals surface area contributed by atoms with E-state index in [-0.39, 0.29) is 6.09 Å². The number of ether oxygens (including phenoxy) is 1. The molecule has 0 spiro atoms. The highest BCUT2D eigenvalue weighted by Crippen LogP contribution is 2.10. The van der Waals surface area contributed by atoms with E-state index < -0.39 is 5.60 Å². The van der Waals surface area contributed by atoms with Gasteiger partial charge in [0.25, 0.3) is 0 Å². The normalized spacial score (nSPS) is 10.9. The van der Waals surface area contributed by atoms with Crippen molar-refractivity contribution >= 4 is 6.09 Å². The predicted molar refractivity (Wildman–Crippen MR) is 62.6 cm³/mol. The summed E-state index contributed by atoms with van der Waals surface area (Å²) in [5.74, 6) is 0. The topological polar surface area (TPSA) is 29.5 Å². The van der Waals surface area contributed by atoms with Gasteiger partial charge in [-0.2, -0.15) is 0 Å². The Morgan fingerprint density at radius 3 is 2.47 bits per heavy atom. The van der Waals surface area contributed by atoms with Crippen molar-refractivity contribution in [2.75, 3.05) is 13.1 Å². The number of rotatable bonds is 5. The van der Waals surface area contributed by atoms with Crippen LogP contribution in [0.5, 0.6) is 0 Å². The molecule has 0 aromatic carbocycles. The Labute approximate surface area is 93.1 Å². The van der Waals surface area contributed by atoms with Gasteiger partial charge in [-0.3, -0.25) is 0 Å². The predicted octanol–water partition coefficient (Wildman–Crippen LogP) is 3.02. The lowest BCUT2D eigenvalue weighted by Crippen LogP contribution is -2.37. The number of hydrogen-bond acceptors (Lipinski definition) is 2. The fourth-order valence-electron chi connectivity index (χ4n) is 1.04. The van der Waals surface area contributed by atoms with Gasteiger partial charge in [-0.05, 0) is 27.2 Å². The molecule has 0 unspecified atom stereocenters. The summed E-state index contributed by atoms with van der Waals surface area (Å²) in [5.41, 5.74) is -0.443. The molecule has 0 aromatic heterocycles. The molecule has 87 valence electrons. The molecule has 0 saturated heterocycles. The van der Waals surface area contributed by atoms with Crippen LogP contribution in [0, 0.1) is 6.92 Å². The number of hydrogen-bond donors (Lipinski definition) is 0. The third-order valence-corrected chi connectivity index (χ3v) is 1.68. The molecular formula is C12H22NO2. The molecule has 0 aliphatic rings. The average Bonchev–Trinajstić information content (AvgIpc) is 2.09. The van der Waals surface area contributed by atoms with Crippen molar-refractivity contribution in [3.8, 4) is 0 Å². The van der Waals surface area contributed by atoms with Gasteiger partial charge in [-0.25, -0.2) is 4.79 Å². The van der Waals surface area contributed by atoms with Crippen molar-refractivity contribution in [3.05, 3.63) is 19.6 Å². The minimum atomic E-state index is -0.443. The minimum absolute atomic E-state index is 0.282. The van der Waals surface area contributed by atoms with Crippen molar-refractivity contribution in [1.29, 1.82) is 0 Å². The van der Waals surface area contributed by atoms with Gasteiger partial charge < -0.3 is 9.64 Å². The SMILES string of the molecule is [CH2]CCCN(CC=C)C(=O)OC(C)(C)C. The van der Waals surface area contributed by atoms with Gasteiger partial charge in [0, 0.05) is 13.1 Å². The van der Waals surface area contributed by atoms with Crippen LogP contribution in [-0.4, -0.2) is 29.7 Å². The summed E-state index contributed by atoms with van der Waals surface area (Å²) in [5, 5.41) is 0. The summed E-state index contributed by atoms with van der Waals surface area (Å²) in [6.07, 6.45) is 3.12. The second-order valence-corrected chi connectivity index (χ2v) is 4.42. The summed E-state index contributed by atoms with van der Waals surface area (Å²) in [6.45, 7) is 14.1. The Balaban J connectivity index is 4.21. The first-order valence-corrected chi connectivity index (χ1v) is 5.28. The zero-order valence-corrected chi connectivity index (χ0v) is 10.1. The van der Waals surface area contributed by atoms with Crippen LogP contribution in [0.25, 0.3) is 0 Å². The molecule has 0 aromatic rings. The Bertz CT molecular complexity index is 206. The highest BCUT2D eigenvalue weighted by Gasteiger charge is 2.20. The van der Waals surface area contributed by atoms with Crippen molar-refractivity contribution in [2.24, 2.45) is 0 Å². The molecule has 15 heavy (non-hydrogen) atoms. The van der Waals surface area contributed by atoms with Crippen LogP contribution in [0.15, 0.2) is 12.7 Å². The van der Waals surface area contributed by atoms with Gasteiger partial charge in [0.1, 0.15) is 5.60 Å². The van der Waals surface area contributed by atoms with Crippen LogP contribution in [-0.2, 0) is 4.74 Å². The molecule has 1 amide bonds. The van der Waals surface area contributed by atoms with Crippen LogP contribution in [0.3, 0.4) is 0 Å². The van der Waals surface area contributed by atoms with Gasteiger partial charge in [0.15, 0.2) is 0 Å². The molecule has 0 aliphatic carbocycles. The Morgan fingerprint density at radius 1 is 1.47 bits per heavy atom. The van der Waals surface area contributed by atoms with Gasteiger partial charge in [0.05, 0.1) is 0 Å². The molecule has 0 atom stereocenters. The number of carbonyl (C=O) groups is 1. The Kier molecular flexibility index (Phi) is 6.06. The lowest BCUT2D eigenvalue weighted by Gasteiger charge is -2.26. The lowest BCUT2D eigenvalue weighted by molar-refractivity contribution is 0.0270. The maximum atomic E-state index is 11.7. The van der Waals surface area contributed by atoms with Gasteiger partial charge >= 0.3 is 6.09 Å². The minimum Gasteiger partial charge on any atom is -0.444 e. The second-order valence-electron chi connectivity index (χ2n) is 4.42. The summed E-state index contributed by atoms with van der Waals surface area (Å²) in [7, 11) is 0. The van der Waals surface area contributed by atoms with Gasteiger partial charge in [0.2, 0.25) is 0 Å². The van der Waals surface area contributed by atoms with Crippen molar-refractivity contribution < 1.29 is 9.53 Å². The smallest absolute Gasteiger partial charge is 0.410 e. The molecule has 0 bridgehead atoms. The standard InChI is InChI=1S/C12H22NO2/c1-6-8-10-13(9-7-2)11(14)15-12(3,4)5/h7H,1-2,6,8-10H2,3-5H3. The van der Waals surface area contributed by atoms with Crippen LogP contribution in [0.2, 0.25) is 0 Å². The van der Waals surface area contributed by atoms with E-state index >= 15 is 0 Å². The average molecular weight is 212 g/mol. The molecule has 3 heteroatoms.